The van der Waals surface area contributed by atoms with Crippen LogP contribution in [0.15, 0.2) is 24.3 Å². The molecular formula is C16H26N2O. The van der Waals surface area contributed by atoms with E-state index in [2.05, 4.69) is 57.3 Å². The molecule has 1 aromatic carbocycles. The van der Waals surface area contributed by atoms with Crippen LogP contribution in [-0.2, 0) is 4.79 Å². The fraction of sp³-hybridized carbons (Fsp3) is 0.562. The van der Waals surface area contributed by atoms with Crippen LogP contribution in [0.3, 0.4) is 0 Å². The van der Waals surface area contributed by atoms with Gasteiger partial charge in [-0.25, -0.2) is 0 Å². The third-order valence-electron chi connectivity index (χ3n) is 3.64. The summed E-state index contributed by atoms with van der Waals surface area (Å²) < 4.78 is 0. The number of nitrogens with one attached hydrogen (secondary N) is 1. The summed E-state index contributed by atoms with van der Waals surface area (Å²) in [5.41, 5.74) is 7.78. The summed E-state index contributed by atoms with van der Waals surface area (Å²) in [6.07, 6.45) is 1.15. The number of nitrogens with two attached hydrogens (primary N) is 1. The third-order valence-corrected chi connectivity index (χ3v) is 3.64. The topological polar surface area (TPSA) is 55.1 Å². The Kier molecular flexibility index (Phi) is 6.03. The molecular weight excluding hydrogens is 236 g/mol. The van der Waals surface area contributed by atoms with Gasteiger partial charge in [-0.1, -0.05) is 52.0 Å². The monoisotopic (exact) mass is 262 g/mol. The van der Waals surface area contributed by atoms with Gasteiger partial charge in [-0.05, 0) is 29.4 Å². The molecule has 0 fully saturated rings. The number of carbonyl (C=O) groups excluding carboxylic acids is 1. The largest absolute Gasteiger partial charge is 0.369 e. The van der Waals surface area contributed by atoms with E-state index in [1.165, 1.54) is 11.1 Å². The van der Waals surface area contributed by atoms with Crippen LogP contribution in [0.2, 0.25) is 0 Å². The van der Waals surface area contributed by atoms with Crippen molar-refractivity contribution in [3.05, 3.63) is 35.4 Å². The number of amides is 1. The first kappa shape index (κ1) is 15.7. The van der Waals surface area contributed by atoms with E-state index in [-0.39, 0.29) is 18.5 Å². The highest BCUT2D eigenvalue weighted by atomic mass is 16.1. The van der Waals surface area contributed by atoms with Crippen LogP contribution in [0.5, 0.6) is 0 Å². The van der Waals surface area contributed by atoms with Crippen molar-refractivity contribution in [1.29, 1.82) is 0 Å². The number of primary amides is 1. The molecule has 19 heavy (non-hydrogen) atoms. The lowest BCUT2D eigenvalue weighted by atomic mass is 9.92. The molecule has 0 saturated carbocycles. The average Bonchev–Trinajstić information content (AvgIpc) is 2.38. The Hall–Kier alpha value is -1.35. The van der Waals surface area contributed by atoms with Gasteiger partial charge < -0.3 is 11.1 Å². The maximum absolute atomic E-state index is 10.9. The van der Waals surface area contributed by atoms with Crippen molar-refractivity contribution in [2.45, 2.75) is 46.1 Å². The zero-order valence-electron chi connectivity index (χ0n) is 12.4. The van der Waals surface area contributed by atoms with Gasteiger partial charge in [-0.3, -0.25) is 4.79 Å². The van der Waals surface area contributed by atoms with Crippen LogP contribution in [-0.4, -0.2) is 12.5 Å². The summed E-state index contributed by atoms with van der Waals surface area (Å²) in [6.45, 7) is 8.93. The Morgan fingerprint density at radius 2 is 1.68 bits per heavy atom. The van der Waals surface area contributed by atoms with Gasteiger partial charge >= 0.3 is 0 Å². The van der Waals surface area contributed by atoms with Gasteiger partial charge in [0.05, 0.1) is 6.54 Å². The zero-order valence-corrected chi connectivity index (χ0v) is 12.4. The van der Waals surface area contributed by atoms with Gasteiger partial charge in [0.15, 0.2) is 0 Å². The first-order valence-corrected chi connectivity index (χ1v) is 7.07. The predicted octanol–water partition coefficient (Wildman–Crippen LogP) is 2.97. The van der Waals surface area contributed by atoms with Gasteiger partial charge in [-0.15, -0.1) is 0 Å². The fourth-order valence-corrected chi connectivity index (χ4v) is 2.22. The molecule has 0 saturated heterocycles. The second-order valence-electron chi connectivity index (χ2n) is 5.54. The van der Waals surface area contributed by atoms with E-state index in [1.807, 2.05) is 0 Å². The highest BCUT2D eigenvalue weighted by Crippen LogP contribution is 2.25. The second kappa shape index (κ2) is 7.29. The minimum absolute atomic E-state index is 0.165. The molecule has 0 unspecified atom stereocenters. The van der Waals surface area contributed by atoms with Crippen molar-refractivity contribution >= 4 is 5.91 Å². The van der Waals surface area contributed by atoms with Crippen molar-refractivity contribution in [3.63, 3.8) is 0 Å². The third kappa shape index (κ3) is 4.67. The Morgan fingerprint density at radius 1 is 1.16 bits per heavy atom. The van der Waals surface area contributed by atoms with E-state index in [9.17, 15) is 4.79 Å². The lowest BCUT2D eigenvalue weighted by Crippen LogP contribution is -2.34. The lowest BCUT2D eigenvalue weighted by Gasteiger charge is -2.23. The quantitative estimate of drug-likeness (QED) is 0.793. The molecule has 1 amide bonds. The molecule has 0 heterocycles. The highest BCUT2D eigenvalue weighted by Gasteiger charge is 2.16. The van der Waals surface area contributed by atoms with Gasteiger partial charge in [0.2, 0.25) is 5.91 Å². The van der Waals surface area contributed by atoms with Crippen molar-refractivity contribution in [3.8, 4) is 0 Å². The van der Waals surface area contributed by atoms with E-state index >= 15 is 0 Å². The first-order chi connectivity index (χ1) is 8.95. The average molecular weight is 262 g/mol. The van der Waals surface area contributed by atoms with Crippen LogP contribution in [0, 0.1) is 5.92 Å². The normalized spacial score (nSPS) is 14.4. The van der Waals surface area contributed by atoms with Crippen LogP contribution < -0.4 is 11.1 Å². The second-order valence-corrected chi connectivity index (χ2v) is 5.54. The van der Waals surface area contributed by atoms with Crippen LogP contribution in [0.25, 0.3) is 0 Å². The molecule has 0 radical (unpaired) electrons. The molecule has 0 aliphatic heterocycles. The van der Waals surface area contributed by atoms with Gasteiger partial charge in [0, 0.05) is 6.04 Å². The molecule has 0 bridgehead atoms. The lowest BCUT2D eigenvalue weighted by molar-refractivity contribution is -0.117. The Labute approximate surface area is 116 Å². The number of hydrogen-bond acceptors (Lipinski definition) is 2. The zero-order chi connectivity index (χ0) is 14.4. The van der Waals surface area contributed by atoms with E-state index in [4.69, 9.17) is 5.73 Å². The first-order valence-electron chi connectivity index (χ1n) is 7.07. The molecule has 0 aliphatic rings. The number of carbonyl (C=O) groups is 1. The van der Waals surface area contributed by atoms with Gasteiger partial charge in [0.25, 0.3) is 0 Å². The molecule has 2 atom stereocenters. The predicted molar refractivity (Wildman–Crippen MR) is 79.9 cm³/mol. The Bertz CT molecular complexity index is 398. The van der Waals surface area contributed by atoms with Gasteiger partial charge in [-0.2, -0.15) is 0 Å². The summed E-state index contributed by atoms with van der Waals surface area (Å²) in [5.74, 6) is 0.681. The van der Waals surface area contributed by atoms with Crippen molar-refractivity contribution in [2.75, 3.05) is 6.54 Å². The Balaban J connectivity index is 2.82. The number of benzene rings is 1. The molecule has 3 nitrogen and oxygen atoms in total. The molecule has 0 spiro atoms. The van der Waals surface area contributed by atoms with E-state index < -0.39 is 0 Å². The summed E-state index contributed by atoms with van der Waals surface area (Å²) in [6, 6.07) is 8.84. The Morgan fingerprint density at radius 3 is 2.11 bits per heavy atom. The summed E-state index contributed by atoms with van der Waals surface area (Å²) in [5, 5.41) is 3.22. The molecule has 0 aliphatic carbocycles. The molecule has 0 aromatic heterocycles. The van der Waals surface area contributed by atoms with Crippen LogP contribution >= 0.6 is 0 Å². The summed E-state index contributed by atoms with van der Waals surface area (Å²) in [7, 11) is 0. The maximum atomic E-state index is 10.9. The smallest absolute Gasteiger partial charge is 0.231 e. The molecule has 1 rings (SSSR count). The number of hydrogen-bond donors (Lipinski definition) is 2. The SMILES string of the molecule is CC[C@H](C)c1ccc([C@H](NCC(N)=O)C(C)C)cc1. The minimum Gasteiger partial charge on any atom is -0.369 e. The van der Waals surface area contributed by atoms with E-state index in [0.717, 1.165) is 6.42 Å². The van der Waals surface area contributed by atoms with Crippen LogP contribution in [0.4, 0.5) is 0 Å². The highest BCUT2D eigenvalue weighted by molar-refractivity contribution is 5.75. The minimum atomic E-state index is -0.318. The van der Waals surface area contributed by atoms with E-state index in [0.29, 0.717) is 11.8 Å². The van der Waals surface area contributed by atoms with Crippen LogP contribution in [0.1, 0.15) is 57.2 Å². The summed E-state index contributed by atoms with van der Waals surface area (Å²) >= 11 is 0. The van der Waals surface area contributed by atoms with Crippen molar-refractivity contribution in [2.24, 2.45) is 11.7 Å². The van der Waals surface area contributed by atoms with Crippen molar-refractivity contribution < 1.29 is 4.79 Å². The molecule has 106 valence electrons. The summed E-state index contributed by atoms with van der Waals surface area (Å²) in [4.78, 5) is 10.9. The molecule has 1 aromatic rings. The molecule has 3 N–H and O–H groups in total. The number of rotatable bonds is 7. The molecule has 3 heteroatoms. The standard InChI is InChI=1S/C16H26N2O/c1-5-12(4)13-6-8-14(9-7-13)16(11(2)3)18-10-15(17)19/h6-9,11-12,16,18H,5,10H2,1-4H3,(H2,17,19)/t12-,16+/m0/s1. The fourth-order valence-electron chi connectivity index (χ4n) is 2.22. The van der Waals surface area contributed by atoms with E-state index in [1.54, 1.807) is 0 Å². The maximum Gasteiger partial charge on any atom is 0.231 e. The van der Waals surface area contributed by atoms with Crippen molar-refractivity contribution in [1.82, 2.24) is 5.32 Å². The van der Waals surface area contributed by atoms with Gasteiger partial charge in [0.1, 0.15) is 0 Å².